The van der Waals surface area contributed by atoms with Gasteiger partial charge in [-0.05, 0) is 20.8 Å². The van der Waals surface area contributed by atoms with E-state index in [0.717, 1.165) is 0 Å². The molecule has 0 radical (unpaired) electrons. The Balaban J connectivity index is -0.000000720. The third kappa shape index (κ3) is 10.7. The maximum Gasteiger partial charge on any atom is 0.137 e. The summed E-state index contributed by atoms with van der Waals surface area (Å²) in [5.41, 5.74) is 8.81. The molecule has 0 aliphatic rings. The van der Waals surface area contributed by atoms with Gasteiger partial charge in [0.05, 0.1) is 12.2 Å². The minimum atomic E-state index is -1.47. The molecule has 4 N–H and O–H groups in total. The summed E-state index contributed by atoms with van der Waals surface area (Å²) in [6.45, 7) is 6.05. The van der Waals surface area contributed by atoms with Crippen LogP contribution in [0, 0.1) is 0 Å². The fourth-order valence-electron chi connectivity index (χ4n) is 0.828. The van der Waals surface area contributed by atoms with Gasteiger partial charge in [0.1, 0.15) is 5.67 Å². The summed E-state index contributed by atoms with van der Waals surface area (Å²) in [7, 11) is 0. The summed E-state index contributed by atoms with van der Waals surface area (Å²) in [6.07, 6.45) is 0.261. The van der Waals surface area contributed by atoms with E-state index in [0.29, 0.717) is 6.61 Å². The zero-order chi connectivity index (χ0) is 10.5. The standard InChI is InChI=1S/C9H21FN2O.2ClH/c1-8(2,3)13-5-4-9(10,6-11)7-12;;/h4-7,11-12H2,1-3H3;2*1H. The Morgan fingerprint density at radius 3 is 1.73 bits per heavy atom. The first-order valence-corrected chi connectivity index (χ1v) is 4.56. The Morgan fingerprint density at radius 2 is 1.47 bits per heavy atom. The number of rotatable bonds is 5. The van der Waals surface area contributed by atoms with E-state index < -0.39 is 5.67 Å². The van der Waals surface area contributed by atoms with Crippen molar-refractivity contribution in [2.45, 2.75) is 38.5 Å². The maximum atomic E-state index is 13.5. The van der Waals surface area contributed by atoms with E-state index in [-0.39, 0.29) is 49.9 Å². The second-order valence-electron chi connectivity index (χ2n) is 4.27. The van der Waals surface area contributed by atoms with Gasteiger partial charge in [0, 0.05) is 19.5 Å². The van der Waals surface area contributed by atoms with Crippen molar-refractivity contribution in [2.24, 2.45) is 11.5 Å². The lowest BCUT2D eigenvalue weighted by Crippen LogP contribution is -2.42. The lowest BCUT2D eigenvalue weighted by atomic mass is 10.0. The minimum Gasteiger partial charge on any atom is -0.376 e. The number of hydrogen-bond donors (Lipinski definition) is 2. The van der Waals surface area contributed by atoms with Gasteiger partial charge in [-0.1, -0.05) is 0 Å². The van der Waals surface area contributed by atoms with Crippen LogP contribution in [0.4, 0.5) is 4.39 Å². The van der Waals surface area contributed by atoms with Crippen molar-refractivity contribution in [3.63, 3.8) is 0 Å². The third-order valence-corrected chi connectivity index (χ3v) is 1.82. The molecule has 0 unspecified atom stereocenters. The van der Waals surface area contributed by atoms with Crippen molar-refractivity contribution in [1.29, 1.82) is 0 Å². The second-order valence-corrected chi connectivity index (χ2v) is 4.27. The van der Waals surface area contributed by atoms with E-state index in [9.17, 15) is 4.39 Å². The van der Waals surface area contributed by atoms with Gasteiger partial charge in [0.15, 0.2) is 0 Å². The van der Waals surface area contributed by atoms with Crippen molar-refractivity contribution >= 4 is 24.8 Å². The molecule has 0 saturated heterocycles. The SMILES string of the molecule is CC(C)(C)OCCC(F)(CN)CN.Cl.Cl. The molecule has 0 amide bonds. The van der Waals surface area contributed by atoms with Crippen LogP contribution in [0.5, 0.6) is 0 Å². The molecule has 6 heteroatoms. The van der Waals surface area contributed by atoms with Crippen LogP contribution in [-0.2, 0) is 4.74 Å². The molecule has 0 aromatic heterocycles. The molecular weight excluding hydrogens is 242 g/mol. The first-order valence-electron chi connectivity index (χ1n) is 4.56. The van der Waals surface area contributed by atoms with Crippen LogP contribution in [-0.4, -0.2) is 31.0 Å². The number of alkyl halides is 1. The minimum absolute atomic E-state index is 0. The summed E-state index contributed by atoms with van der Waals surface area (Å²) in [6, 6.07) is 0. The Kier molecular flexibility index (Phi) is 11.8. The van der Waals surface area contributed by atoms with E-state index >= 15 is 0 Å². The number of halogens is 3. The number of nitrogens with two attached hydrogens (primary N) is 2. The van der Waals surface area contributed by atoms with Gasteiger partial charge in [-0.25, -0.2) is 4.39 Å². The van der Waals surface area contributed by atoms with E-state index in [4.69, 9.17) is 16.2 Å². The molecule has 15 heavy (non-hydrogen) atoms. The molecule has 0 atom stereocenters. The van der Waals surface area contributed by atoms with Crippen LogP contribution < -0.4 is 11.5 Å². The molecule has 0 aliphatic heterocycles. The highest BCUT2D eigenvalue weighted by Gasteiger charge is 2.26. The molecule has 0 spiro atoms. The monoisotopic (exact) mass is 264 g/mol. The molecule has 0 fully saturated rings. The lowest BCUT2D eigenvalue weighted by Gasteiger charge is -2.25. The number of hydrogen-bond acceptors (Lipinski definition) is 3. The van der Waals surface area contributed by atoms with Crippen molar-refractivity contribution < 1.29 is 9.13 Å². The van der Waals surface area contributed by atoms with Crippen LogP contribution in [0.15, 0.2) is 0 Å². The molecule has 96 valence electrons. The summed E-state index contributed by atoms with van der Waals surface area (Å²) in [5.74, 6) is 0. The van der Waals surface area contributed by atoms with Crippen LogP contribution in [0.25, 0.3) is 0 Å². The summed E-state index contributed by atoms with van der Waals surface area (Å²) in [4.78, 5) is 0. The first-order chi connectivity index (χ1) is 5.83. The van der Waals surface area contributed by atoms with Crippen LogP contribution in [0.1, 0.15) is 27.2 Å². The van der Waals surface area contributed by atoms with Gasteiger partial charge in [-0.15, -0.1) is 24.8 Å². The highest BCUT2D eigenvalue weighted by molar-refractivity contribution is 5.85. The predicted molar refractivity (Wildman–Crippen MR) is 66.8 cm³/mol. The molecular formula is C9H23Cl2FN2O. The highest BCUT2D eigenvalue weighted by atomic mass is 35.5. The third-order valence-electron chi connectivity index (χ3n) is 1.82. The van der Waals surface area contributed by atoms with Crippen LogP contribution >= 0.6 is 24.8 Å². The van der Waals surface area contributed by atoms with E-state index in [2.05, 4.69) is 0 Å². The molecule has 0 saturated carbocycles. The topological polar surface area (TPSA) is 61.3 Å². The van der Waals surface area contributed by atoms with E-state index in [1.807, 2.05) is 20.8 Å². The fourth-order valence-corrected chi connectivity index (χ4v) is 0.828. The Bertz CT molecular complexity index is 150. The van der Waals surface area contributed by atoms with Gasteiger partial charge in [-0.2, -0.15) is 0 Å². The molecule has 0 aromatic rings. The number of ether oxygens (including phenoxy) is 1. The first kappa shape index (κ1) is 20.8. The largest absolute Gasteiger partial charge is 0.376 e. The van der Waals surface area contributed by atoms with Crippen molar-refractivity contribution in [3.8, 4) is 0 Å². The van der Waals surface area contributed by atoms with Gasteiger partial charge in [-0.3, -0.25) is 0 Å². The van der Waals surface area contributed by atoms with Gasteiger partial charge in [0.2, 0.25) is 0 Å². The summed E-state index contributed by atoms with van der Waals surface area (Å²) in [5, 5.41) is 0. The zero-order valence-electron chi connectivity index (χ0n) is 9.59. The smallest absolute Gasteiger partial charge is 0.137 e. The van der Waals surface area contributed by atoms with E-state index in [1.165, 1.54) is 0 Å². The van der Waals surface area contributed by atoms with Gasteiger partial charge >= 0.3 is 0 Å². The Morgan fingerprint density at radius 1 is 1.07 bits per heavy atom. The Hall–Kier alpha value is 0.390. The Labute approximate surface area is 104 Å². The fraction of sp³-hybridized carbons (Fsp3) is 1.00. The molecule has 0 aliphatic carbocycles. The molecule has 0 aromatic carbocycles. The quantitative estimate of drug-likeness (QED) is 0.794. The average molecular weight is 265 g/mol. The van der Waals surface area contributed by atoms with Crippen molar-refractivity contribution in [2.75, 3.05) is 19.7 Å². The summed E-state index contributed by atoms with van der Waals surface area (Å²) >= 11 is 0. The van der Waals surface area contributed by atoms with E-state index in [1.54, 1.807) is 0 Å². The average Bonchev–Trinajstić information content (AvgIpc) is 2.02. The lowest BCUT2D eigenvalue weighted by molar-refractivity contribution is -0.0219. The van der Waals surface area contributed by atoms with Gasteiger partial charge < -0.3 is 16.2 Å². The zero-order valence-corrected chi connectivity index (χ0v) is 11.2. The summed E-state index contributed by atoms with van der Waals surface area (Å²) < 4.78 is 18.9. The van der Waals surface area contributed by atoms with Crippen LogP contribution in [0.3, 0.4) is 0 Å². The van der Waals surface area contributed by atoms with Crippen molar-refractivity contribution in [1.82, 2.24) is 0 Å². The molecule has 0 bridgehead atoms. The van der Waals surface area contributed by atoms with Crippen molar-refractivity contribution in [3.05, 3.63) is 0 Å². The second kappa shape index (κ2) is 8.53. The highest BCUT2D eigenvalue weighted by Crippen LogP contribution is 2.15. The molecule has 3 nitrogen and oxygen atoms in total. The predicted octanol–water partition coefficient (Wildman–Crippen LogP) is 1.66. The normalized spacial score (nSPS) is 11.6. The molecule has 0 heterocycles. The maximum absolute atomic E-state index is 13.5. The van der Waals surface area contributed by atoms with Gasteiger partial charge in [0.25, 0.3) is 0 Å². The van der Waals surface area contributed by atoms with Crippen LogP contribution in [0.2, 0.25) is 0 Å². The molecule has 0 rings (SSSR count).